The third-order valence-corrected chi connectivity index (χ3v) is 4.41. The van der Waals surface area contributed by atoms with Gasteiger partial charge in [-0.25, -0.2) is 0 Å². The van der Waals surface area contributed by atoms with Crippen molar-refractivity contribution in [1.29, 1.82) is 0 Å². The summed E-state index contributed by atoms with van der Waals surface area (Å²) < 4.78 is 11.7. The van der Waals surface area contributed by atoms with Crippen molar-refractivity contribution in [2.24, 2.45) is 11.7 Å². The first-order valence-electron chi connectivity index (χ1n) is 7.63. The van der Waals surface area contributed by atoms with Crippen LogP contribution in [-0.4, -0.2) is 18.5 Å². The lowest BCUT2D eigenvalue weighted by Crippen LogP contribution is -2.29. The molecule has 3 rings (SSSR count). The second kappa shape index (κ2) is 5.70. The van der Waals surface area contributed by atoms with Crippen LogP contribution in [0.5, 0.6) is 0 Å². The van der Waals surface area contributed by atoms with E-state index in [9.17, 15) is 0 Å². The van der Waals surface area contributed by atoms with E-state index in [4.69, 9.17) is 14.6 Å². The van der Waals surface area contributed by atoms with Crippen LogP contribution in [0.4, 0.5) is 0 Å². The van der Waals surface area contributed by atoms with E-state index in [1.807, 2.05) is 19.1 Å². The molecule has 1 aliphatic rings. The zero-order chi connectivity index (χ0) is 15.0. The molecule has 1 fully saturated rings. The van der Waals surface area contributed by atoms with Crippen LogP contribution in [0.15, 0.2) is 33.1 Å². The normalized spacial score (nSPS) is 22.7. The van der Waals surface area contributed by atoms with E-state index in [-0.39, 0.29) is 6.04 Å². The van der Waals surface area contributed by atoms with E-state index in [2.05, 4.69) is 31.0 Å². The van der Waals surface area contributed by atoms with E-state index in [1.54, 1.807) is 0 Å². The first-order valence-corrected chi connectivity index (χ1v) is 7.63. The zero-order valence-electron chi connectivity index (χ0n) is 13.0. The van der Waals surface area contributed by atoms with Gasteiger partial charge >= 0.3 is 0 Å². The van der Waals surface area contributed by atoms with Gasteiger partial charge in [0, 0.05) is 12.5 Å². The molecule has 0 radical (unpaired) electrons. The van der Waals surface area contributed by atoms with Crippen LogP contribution in [-0.2, 0) is 6.54 Å². The molecule has 21 heavy (non-hydrogen) atoms. The lowest BCUT2D eigenvalue weighted by atomic mass is 10.2. The van der Waals surface area contributed by atoms with Crippen molar-refractivity contribution < 1.29 is 8.83 Å². The molecule has 0 bridgehead atoms. The summed E-state index contributed by atoms with van der Waals surface area (Å²) in [6.45, 7) is 5.48. The molecule has 4 heteroatoms. The van der Waals surface area contributed by atoms with Crippen molar-refractivity contribution in [2.75, 3.05) is 13.6 Å². The predicted octanol–water partition coefficient (Wildman–Crippen LogP) is 3.44. The van der Waals surface area contributed by atoms with E-state index < -0.39 is 0 Å². The third-order valence-electron chi connectivity index (χ3n) is 4.41. The highest BCUT2D eigenvalue weighted by molar-refractivity contribution is 5.19. The van der Waals surface area contributed by atoms with Crippen LogP contribution >= 0.6 is 0 Å². The van der Waals surface area contributed by atoms with E-state index >= 15 is 0 Å². The largest absolute Gasteiger partial charge is 0.465 e. The zero-order valence-corrected chi connectivity index (χ0v) is 13.0. The molecule has 3 unspecified atom stereocenters. The maximum absolute atomic E-state index is 6.04. The molecule has 2 heterocycles. The highest BCUT2D eigenvalue weighted by atomic mass is 16.3. The maximum atomic E-state index is 6.04. The Morgan fingerprint density at radius 2 is 2.05 bits per heavy atom. The highest BCUT2D eigenvalue weighted by Crippen LogP contribution is 2.47. The van der Waals surface area contributed by atoms with Gasteiger partial charge in [-0.15, -0.1) is 0 Å². The Morgan fingerprint density at radius 3 is 2.62 bits per heavy atom. The van der Waals surface area contributed by atoms with Gasteiger partial charge in [-0.3, -0.25) is 4.90 Å². The molecule has 1 saturated carbocycles. The van der Waals surface area contributed by atoms with Gasteiger partial charge in [0.1, 0.15) is 23.0 Å². The Kier molecular flexibility index (Phi) is 3.91. The molecule has 114 valence electrons. The molecule has 2 N–H and O–H groups in total. The molecule has 0 aromatic carbocycles. The number of aryl methyl sites for hydroxylation is 1. The van der Waals surface area contributed by atoms with E-state index in [0.29, 0.717) is 12.5 Å². The fraction of sp³-hybridized carbons (Fsp3) is 0.529. The van der Waals surface area contributed by atoms with Gasteiger partial charge < -0.3 is 14.6 Å². The lowest BCUT2D eigenvalue weighted by Gasteiger charge is -2.24. The number of hydrogen-bond acceptors (Lipinski definition) is 4. The minimum Gasteiger partial charge on any atom is -0.465 e. The minimum absolute atomic E-state index is 0.0817. The summed E-state index contributed by atoms with van der Waals surface area (Å²) in [6, 6.07) is 8.26. The van der Waals surface area contributed by atoms with Gasteiger partial charge in [0.25, 0.3) is 0 Å². The van der Waals surface area contributed by atoms with Crippen LogP contribution in [0.2, 0.25) is 0 Å². The number of nitrogens with two attached hydrogens (primary N) is 1. The van der Waals surface area contributed by atoms with Gasteiger partial charge in [-0.05, 0) is 50.6 Å². The molecule has 4 nitrogen and oxygen atoms in total. The molecule has 0 saturated heterocycles. The van der Waals surface area contributed by atoms with Gasteiger partial charge in [0.05, 0.1) is 12.6 Å². The van der Waals surface area contributed by atoms with Crippen molar-refractivity contribution >= 4 is 0 Å². The van der Waals surface area contributed by atoms with Gasteiger partial charge in [0.2, 0.25) is 0 Å². The highest BCUT2D eigenvalue weighted by Gasteiger charge is 2.37. The summed E-state index contributed by atoms with van der Waals surface area (Å²) in [4.78, 5) is 2.18. The summed E-state index contributed by atoms with van der Waals surface area (Å²) in [5, 5.41) is 0. The van der Waals surface area contributed by atoms with Gasteiger partial charge in [-0.2, -0.15) is 0 Å². The molecule has 0 aliphatic heterocycles. The third kappa shape index (κ3) is 3.06. The number of furan rings is 2. The van der Waals surface area contributed by atoms with Gasteiger partial charge in [-0.1, -0.05) is 6.92 Å². The topological polar surface area (TPSA) is 55.5 Å². The van der Waals surface area contributed by atoms with Crippen LogP contribution in [0.3, 0.4) is 0 Å². The average Bonchev–Trinajstić information content (AvgIpc) is 2.85. The monoisotopic (exact) mass is 288 g/mol. The van der Waals surface area contributed by atoms with Crippen LogP contribution in [0.1, 0.15) is 48.3 Å². The quantitative estimate of drug-likeness (QED) is 0.884. The average molecular weight is 288 g/mol. The lowest BCUT2D eigenvalue weighted by molar-refractivity contribution is 0.195. The summed E-state index contributed by atoms with van der Waals surface area (Å²) in [5.41, 5.74) is 5.96. The molecule has 2 aromatic heterocycles. The standard InChI is InChI=1S/C17H24N2O2/c1-11-8-14(11)16-6-7-17(21-16)15(9-18)19(3)10-13-5-4-12(2)20-13/h4-7,11,14-15H,8-10,18H2,1-3H3. The fourth-order valence-electron chi connectivity index (χ4n) is 2.90. The van der Waals surface area contributed by atoms with Crippen molar-refractivity contribution in [1.82, 2.24) is 4.90 Å². The Labute approximate surface area is 125 Å². The van der Waals surface area contributed by atoms with Crippen LogP contribution in [0.25, 0.3) is 0 Å². The second-order valence-electron chi connectivity index (χ2n) is 6.24. The molecule has 0 amide bonds. The van der Waals surface area contributed by atoms with Crippen LogP contribution in [0, 0.1) is 12.8 Å². The predicted molar refractivity (Wildman–Crippen MR) is 81.9 cm³/mol. The summed E-state index contributed by atoms with van der Waals surface area (Å²) >= 11 is 0. The van der Waals surface area contributed by atoms with Crippen molar-refractivity contribution in [3.05, 3.63) is 47.3 Å². The Morgan fingerprint density at radius 1 is 1.29 bits per heavy atom. The van der Waals surface area contributed by atoms with E-state index in [0.717, 1.165) is 35.5 Å². The molecular weight excluding hydrogens is 264 g/mol. The van der Waals surface area contributed by atoms with Crippen LogP contribution < -0.4 is 5.73 Å². The second-order valence-corrected chi connectivity index (χ2v) is 6.24. The number of rotatable bonds is 6. The fourth-order valence-corrected chi connectivity index (χ4v) is 2.90. The number of likely N-dealkylation sites (N-methyl/N-ethyl adjacent to an activating group) is 1. The van der Waals surface area contributed by atoms with Crippen molar-refractivity contribution in [3.63, 3.8) is 0 Å². The number of nitrogens with zero attached hydrogens (tertiary/aromatic N) is 1. The first kappa shape index (κ1) is 14.4. The summed E-state index contributed by atoms with van der Waals surface area (Å²) in [6.07, 6.45) is 1.24. The Balaban J connectivity index is 1.70. The van der Waals surface area contributed by atoms with Crippen molar-refractivity contribution in [2.45, 2.75) is 38.8 Å². The molecule has 0 spiro atoms. The first-order chi connectivity index (χ1) is 10.1. The summed E-state index contributed by atoms with van der Waals surface area (Å²) in [7, 11) is 2.05. The Hall–Kier alpha value is -1.52. The smallest absolute Gasteiger partial charge is 0.122 e. The SMILES string of the molecule is Cc1ccc(CN(C)C(CN)c2ccc(C3CC3C)o2)o1. The summed E-state index contributed by atoms with van der Waals surface area (Å²) in [5.74, 6) is 5.32. The number of hydrogen-bond donors (Lipinski definition) is 1. The van der Waals surface area contributed by atoms with Gasteiger partial charge in [0.15, 0.2) is 0 Å². The molecule has 1 aliphatic carbocycles. The molecular formula is C17H24N2O2. The molecule has 3 atom stereocenters. The molecule has 2 aromatic rings. The Bertz CT molecular complexity index is 601. The minimum atomic E-state index is 0.0817. The maximum Gasteiger partial charge on any atom is 0.122 e. The van der Waals surface area contributed by atoms with Crippen molar-refractivity contribution in [3.8, 4) is 0 Å². The van der Waals surface area contributed by atoms with E-state index in [1.165, 1.54) is 6.42 Å².